The molecule has 132 valence electrons. The summed E-state index contributed by atoms with van der Waals surface area (Å²) in [6, 6.07) is 12.6. The van der Waals surface area contributed by atoms with Crippen molar-refractivity contribution in [1.82, 2.24) is 0 Å². The number of hydrogen-bond acceptors (Lipinski definition) is 5. The standard InChI is InChI=1S/C21H18O5/c1-3-9-24-20(22)13-25-16-7-8-17-18(12-16)26-19(21(17)23)11-15-6-4-5-14(2)10-15/h3-8,10-12H,1,9,13H2,2H3/b19-11-. The third-order valence-corrected chi connectivity index (χ3v) is 3.70. The van der Waals surface area contributed by atoms with Crippen LogP contribution < -0.4 is 9.47 Å². The molecule has 5 heteroatoms. The van der Waals surface area contributed by atoms with Gasteiger partial charge in [0.05, 0.1) is 5.56 Å². The number of allylic oxidation sites excluding steroid dienone is 1. The molecule has 2 aromatic carbocycles. The maximum Gasteiger partial charge on any atom is 0.344 e. The van der Waals surface area contributed by atoms with Crippen molar-refractivity contribution in [2.45, 2.75) is 6.92 Å². The summed E-state index contributed by atoms with van der Waals surface area (Å²) in [7, 11) is 0. The molecule has 1 aliphatic heterocycles. The predicted octanol–water partition coefficient (Wildman–Crippen LogP) is 3.72. The zero-order valence-electron chi connectivity index (χ0n) is 14.4. The zero-order valence-corrected chi connectivity index (χ0v) is 14.4. The van der Waals surface area contributed by atoms with Gasteiger partial charge in [-0.2, -0.15) is 0 Å². The first kappa shape index (κ1) is 17.5. The van der Waals surface area contributed by atoms with Crippen LogP contribution in [0.3, 0.4) is 0 Å². The Hall–Kier alpha value is -3.34. The average Bonchev–Trinajstić information content (AvgIpc) is 2.93. The molecule has 3 rings (SSSR count). The van der Waals surface area contributed by atoms with Gasteiger partial charge in [-0.25, -0.2) is 4.79 Å². The van der Waals surface area contributed by atoms with E-state index >= 15 is 0 Å². The number of carbonyl (C=O) groups excluding carboxylic acids is 2. The van der Waals surface area contributed by atoms with Gasteiger partial charge in [0, 0.05) is 6.07 Å². The van der Waals surface area contributed by atoms with Crippen molar-refractivity contribution >= 4 is 17.8 Å². The smallest absolute Gasteiger partial charge is 0.344 e. The highest BCUT2D eigenvalue weighted by Crippen LogP contribution is 2.34. The van der Waals surface area contributed by atoms with Gasteiger partial charge in [-0.1, -0.05) is 42.5 Å². The lowest BCUT2D eigenvalue weighted by molar-refractivity contribution is -0.144. The molecular formula is C21H18O5. The van der Waals surface area contributed by atoms with Gasteiger partial charge >= 0.3 is 5.97 Å². The van der Waals surface area contributed by atoms with Crippen molar-refractivity contribution in [2.75, 3.05) is 13.2 Å². The van der Waals surface area contributed by atoms with Gasteiger partial charge in [0.1, 0.15) is 18.1 Å². The number of esters is 1. The maximum atomic E-state index is 12.5. The minimum Gasteiger partial charge on any atom is -0.482 e. The van der Waals surface area contributed by atoms with Crippen molar-refractivity contribution in [3.8, 4) is 11.5 Å². The second-order valence-electron chi connectivity index (χ2n) is 5.77. The quantitative estimate of drug-likeness (QED) is 0.451. The molecule has 1 aliphatic rings. The molecule has 0 radical (unpaired) electrons. The Balaban J connectivity index is 1.72. The Morgan fingerprint density at radius 1 is 1.23 bits per heavy atom. The topological polar surface area (TPSA) is 61.8 Å². The first-order valence-corrected chi connectivity index (χ1v) is 8.11. The van der Waals surface area contributed by atoms with Crippen LogP contribution in [0.1, 0.15) is 21.5 Å². The van der Waals surface area contributed by atoms with Gasteiger partial charge in [0.15, 0.2) is 12.4 Å². The van der Waals surface area contributed by atoms with E-state index in [9.17, 15) is 9.59 Å². The fourth-order valence-electron chi connectivity index (χ4n) is 2.50. The van der Waals surface area contributed by atoms with E-state index in [0.29, 0.717) is 17.1 Å². The summed E-state index contributed by atoms with van der Waals surface area (Å²) in [4.78, 5) is 23.9. The second kappa shape index (κ2) is 7.70. The van der Waals surface area contributed by atoms with Crippen LogP contribution in [-0.4, -0.2) is 25.0 Å². The molecule has 0 unspecified atom stereocenters. The molecule has 0 spiro atoms. The fraction of sp³-hybridized carbons (Fsp3) is 0.143. The third kappa shape index (κ3) is 4.00. The zero-order chi connectivity index (χ0) is 18.5. The van der Waals surface area contributed by atoms with E-state index in [1.807, 2.05) is 31.2 Å². The molecule has 0 atom stereocenters. The number of ether oxygens (including phenoxy) is 3. The molecule has 0 saturated heterocycles. The van der Waals surface area contributed by atoms with E-state index in [1.165, 1.54) is 6.08 Å². The number of carbonyl (C=O) groups is 2. The molecule has 0 N–H and O–H groups in total. The minimum atomic E-state index is -0.498. The van der Waals surface area contributed by atoms with Crippen LogP contribution in [-0.2, 0) is 9.53 Å². The SMILES string of the molecule is C=CCOC(=O)COc1ccc2c(c1)O/C(=C\c1cccc(C)c1)C2=O. The van der Waals surface area contributed by atoms with Crippen LogP contribution in [0.15, 0.2) is 60.9 Å². The molecule has 2 aromatic rings. The number of ketones is 1. The number of hydrogen-bond donors (Lipinski definition) is 0. The van der Waals surface area contributed by atoms with Crippen molar-refractivity contribution in [1.29, 1.82) is 0 Å². The van der Waals surface area contributed by atoms with Crippen molar-refractivity contribution < 1.29 is 23.8 Å². The maximum absolute atomic E-state index is 12.5. The molecule has 0 bridgehead atoms. The highest BCUT2D eigenvalue weighted by molar-refractivity contribution is 6.14. The van der Waals surface area contributed by atoms with Crippen LogP contribution in [0.25, 0.3) is 6.08 Å². The van der Waals surface area contributed by atoms with Crippen molar-refractivity contribution in [2.24, 2.45) is 0 Å². The van der Waals surface area contributed by atoms with Crippen molar-refractivity contribution in [3.05, 3.63) is 77.6 Å². The van der Waals surface area contributed by atoms with Crippen LogP contribution in [0, 0.1) is 6.92 Å². The Morgan fingerprint density at radius 2 is 2.08 bits per heavy atom. The van der Waals surface area contributed by atoms with Crippen LogP contribution in [0.5, 0.6) is 11.5 Å². The van der Waals surface area contributed by atoms with Gasteiger partial charge in [-0.15, -0.1) is 0 Å². The first-order chi connectivity index (χ1) is 12.6. The number of Topliss-reactive ketones (excluding diaryl/α,β-unsaturated/α-hetero) is 1. The van der Waals surface area contributed by atoms with Gasteiger partial charge < -0.3 is 14.2 Å². The molecule has 5 nitrogen and oxygen atoms in total. The van der Waals surface area contributed by atoms with E-state index in [2.05, 4.69) is 6.58 Å². The van der Waals surface area contributed by atoms with Gasteiger partial charge in [-0.05, 0) is 30.7 Å². The molecule has 0 aliphatic carbocycles. The summed E-state index contributed by atoms with van der Waals surface area (Å²) >= 11 is 0. The van der Waals surface area contributed by atoms with E-state index in [-0.39, 0.29) is 24.8 Å². The van der Waals surface area contributed by atoms with Gasteiger partial charge in [-0.3, -0.25) is 4.79 Å². The molecule has 0 saturated carbocycles. The van der Waals surface area contributed by atoms with E-state index in [0.717, 1.165) is 11.1 Å². The Morgan fingerprint density at radius 3 is 2.85 bits per heavy atom. The molecular weight excluding hydrogens is 332 g/mol. The third-order valence-electron chi connectivity index (χ3n) is 3.70. The summed E-state index contributed by atoms with van der Waals surface area (Å²) in [5.74, 6) is 0.406. The summed E-state index contributed by atoms with van der Waals surface area (Å²) in [6.07, 6.45) is 3.19. The van der Waals surface area contributed by atoms with E-state index in [4.69, 9.17) is 14.2 Å². The molecule has 26 heavy (non-hydrogen) atoms. The Kier molecular flexibility index (Phi) is 5.17. The van der Waals surface area contributed by atoms with E-state index < -0.39 is 5.97 Å². The predicted molar refractivity (Wildman–Crippen MR) is 97.2 cm³/mol. The van der Waals surface area contributed by atoms with Crippen LogP contribution in [0.4, 0.5) is 0 Å². The Labute approximate surface area is 151 Å². The van der Waals surface area contributed by atoms with Crippen LogP contribution in [0.2, 0.25) is 0 Å². The summed E-state index contributed by atoms with van der Waals surface area (Å²) in [6.45, 7) is 5.36. The normalized spacial score (nSPS) is 13.9. The second-order valence-corrected chi connectivity index (χ2v) is 5.77. The number of benzene rings is 2. The van der Waals surface area contributed by atoms with Crippen molar-refractivity contribution in [3.63, 3.8) is 0 Å². The minimum absolute atomic E-state index is 0.136. The lowest BCUT2D eigenvalue weighted by atomic mass is 10.1. The lowest BCUT2D eigenvalue weighted by Gasteiger charge is -2.06. The number of fused-ring (bicyclic) bond motifs is 1. The van der Waals surface area contributed by atoms with Crippen LogP contribution >= 0.6 is 0 Å². The van der Waals surface area contributed by atoms with Gasteiger partial charge in [0.2, 0.25) is 5.78 Å². The molecule has 0 fully saturated rings. The largest absolute Gasteiger partial charge is 0.482 e. The fourth-order valence-corrected chi connectivity index (χ4v) is 2.50. The Bertz CT molecular complexity index is 895. The molecule has 0 aromatic heterocycles. The highest BCUT2D eigenvalue weighted by Gasteiger charge is 2.27. The molecule has 0 amide bonds. The van der Waals surface area contributed by atoms with E-state index in [1.54, 1.807) is 24.3 Å². The highest BCUT2D eigenvalue weighted by atomic mass is 16.6. The number of rotatable bonds is 6. The lowest BCUT2D eigenvalue weighted by Crippen LogP contribution is -2.14. The monoisotopic (exact) mass is 350 g/mol. The molecule has 1 heterocycles. The number of aryl methyl sites for hydroxylation is 1. The average molecular weight is 350 g/mol. The summed E-state index contributed by atoms with van der Waals surface area (Å²) < 4.78 is 15.9. The van der Waals surface area contributed by atoms with Gasteiger partial charge in [0.25, 0.3) is 0 Å². The summed E-state index contributed by atoms with van der Waals surface area (Å²) in [5.41, 5.74) is 2.45. The first-order valence-electron chi connectivity index (χ1n) is 8.11. The summed E-state index contributed by atoms with van der Waals surface area (Å²) in [5, 5.41) is 0.